The molecule has 2 N–H and O–H groups in total. The maximum absolute atomic E-state index is 13.9. The van der Waals surface area contributed by atoms with Crippen LogP contribution in [0.15, 0.2) is 36.4 Å². The summed E-state index contributed by atoms with van der Waals surface area (Å²) in [6, 6.07) is 9.99. The molecule has 2 aliphatic rings. The molecule has 1 aliphatic heterocycles. The topological polar surface area (TPSA) is 68.8 Å². The lowest BCUT2D eigenvalue weighted by Crippen LogP contribution is -2.34. The molecule has 154 valence electrons. The molecular formula is C22H25FN2O4. The summed E-state index contributed by atoms with van der Waals surface area (Å²) in [5.41, 5.74) is 1.39. The second kappa shape index (κ2) is 7.91. The number of carbonyl (C=O) groups is 1. The molecule has 1 atom stereocenters. The van der Waals surface area contributed by atoms with Crippen molar-refractivity contribution in [3.63, 3.8) is 0 Å². The van der Waals surface area contributed by atoms with Crippen molar-refractivity contribution < 1.29 is 23.4 Å². The number of nitrogens with one attached hydrogen (secondary N) is 2. The number of carbonyl (C=O) groups excluding carboxylic acids is 1. The third-order valence-electron chi connectivity index (χ3n) is 5.43. The quantitative estimate of drug-likeness (QED) is 0.762. The summed E-state index contributed by atoms with van der Waals surface area (Å²) in [5, 5.41) is 5.96. The summed E-state index contributed by atoms with van der Waals surface area (Å²) >= 11 is 0. The molecule has 0 bridgehead atoms. The lowest BCUT2D eigenvalue weighted by atomic mass is 10.1. The molecule has 7 heteroatoms. The summed E-state index contributed by atoms with van der Waals surface area (Å²) in [7, 11) is 1.42. The van der Waals surface area contributed by atoms with E-state index in [2.05, 4.69) is 10.6 Å². The first-order valence-electron chi connectivity index (χ1n) is 9.87. The van der Waals surface area contributed by atoms with Crippen molar-refractivity contribution in [2.24, 2.45) is 0 Å². The van der Waals surface area contributed by atoms with Gasteiger partial charge < -0.3 is 24.8 Å². The molecule has 2 aromatic rings. The van der Waals surface area contributed by atoms with Crippen molar-refractivity contribution in [2.45, 2.75) is 44.4 Å². The zero-order valence-corrected chi connectivity index (χ0v) is 16.6. The molecule has 1 spiro atoms. The van der Waals surface area contributed by atoms with E-state index in [1.54, 1.807) is 24.3 Å². The Bertz CT molecular complexity index is 912. The van der Waals surface area contributed by atoms with Crippen LogP contribution in [0.1, 0.15) is 44.2 Å². The van der Waals surface area contributed by atoms with Crippen LogP contribution in [0.4, 0.5) is 10.1 Å². The summed E-state index contributed by atoms with van der Waals surface area (Å²) < 4.78 is 30.8. The summed E-state index contributed by atoms with van der Waals surface area (Å²) in [6.07, 6.45) is 3.97. The summed E-state index contributed by atoms with van der Waals surface area (Å²) in [6.45, 7) is 1.96. The van der Waals surface area contributed by atoms with Gasteiger partial charge in [0.1, 0.15) is 0 Å². The molecule has 1 amide bonds. The van der Waals surface area contributed by atoms with E-state index in [9.17, 15) is 9.18 Å². The molecule has 29 heavy (non-hydrogen) atoms. The number of hydrogen-bond acceptors (Lipinski definition) is 5. The predicted molar refractivity (Wildman–Crippen MR) is 107 cm³/mol. The molecule has 1 saturated carbocycles. The number of fused-ring (bicyclic) bond motifs is 1. The predicted octanol–water partition coefficient (Wildman–Crippen LogP) is 4.17. The average Bonchev–Trinajstić information content (AvgIpc) is 3.31. The van der Waals surface area contributed by atoms with Gasteiger partial charge in [0.15, 0.2) is 23.1 Å². The third-order valence-corrected chi connectivity index (χ3v) is 5.43. The molecule has 1 fully saturated rings. The number of rotatable bonds is 6. The van der Waals surface area contributed by atoms with E-state index in [4.69, 9.17) is 14.2 Å². The fraction of sp³-hybridized carbons (Fsp3) is 0.409. The highest BCUT2D eigenvalue weighted by atomic mass is 19.1. The van der Waals surface area contributed by atoms with E-state index in [-0.39, 0.29) is 24.2 Å². The SMILES string of the molecule is COc1ccc(C(C)NCC(=O)Nc2ccc3c(c2)OC2(CCCC2)O3)cc1F. The van der Waals surface area contributed by atoms with Crippen LogP contribution in [0.3, 0.4) is 0 Å². The van der Waals surface area contributed by atoms with Gasteiger partial charge in [0.2, 0.25) is 5.91 Å². The minimum atomic E-state index is -0.518. The van der Waals surface area contributed by atoms with Crippen LogP contribution in [0.2, 0.25) is 0 Å². The highest BCUT2D eigenvalue weighted by Crippen LogP contribution is 2.47. The van der Waals surface area contributed by atoms with Crippen LogP contribution in [0.25, 0.3) is 0 Å². The number of methoxy groups -OCH3 is 1. The lowest BCUT2D eigenvalue weighted by molar-refractivity contribution is -0.115. The zero-order valence-electron chi connectivity index (χ0n) is 16.6. The first-order chi connectivity index (χ1) is 14.0. The lowest BCUT2D eigenvalue weighted by Gasteiger charge is -2.21. The van der Waals surface area contributed by atoms with Crippen molar-refractivity contribution in [2.75, 3.05) is 19.0 Å². The van der Waals surface area contributed by atoms with E-state index in [0.717, 1.165) is 37.0 Å². The monoisotopic (exact) mass is 400 g/mol. The van der Waals surface area contributed by atoms with Crippen molar-refractivity contribution in [3.8, 4) is 17.2 Å². The van der Waals surface area contributed by atoms with E-state index < -0.39 is 11.6 Å². The second-order valence-electron chi connectivity index (χ2n) is 7.53. The second-order valence-corrected chi connectivity index (χ2v) is 7.53. The fourth-order valence-electron chi connectivity index (χ4n) is 3.81. The van der Waals surface area contributed by atoms with Gasteiger partial charge in [-0.25, -0.2) is 4.39 Å². The number of amides is 1. The third kappa shape index (κ3) is 4.15. The van der Waals surface area contributed by atoms with Crippen LogP contribution < -0.4 is 24.8 Å². The van der Waals surface area contributed by atoms with Gasteiger partial charge in [-0.15, -0.1) is 0 Å². The van der Waals surface area contributed by atoms with E-state index in [1.807, 2.05) is 13.0 Å². The van der Waals surface area contributed by atoms with E-state index in [1.165, 1.54) is 13.2 Å². The Balaban J connectivity index is 1.32. The molecular weight excluding hydrogens is 375 g/mol. The van der Waals surface area contributed by atoms with Crippen LogP contribution in [0, 0.1) is 5.82 Å². The molecule has 0 saturated heterocycles. The molecule has 6 nitrogen and oxygen atoms in total. The van der Waals surface area contributed by atoms with Crippen LogP contribution in [-0.4, -0.2) is 25.3 Å². The first kappa shape index (κ1) is 19.5. The number of benzene rings is 2. The van der Waals surface area contributed by atoms with Crippen LogP contribution in [0.5, 0.6) is 17.2 Å². The van der Waals surface area contributed by atoms with Crippen LogP contribution in [-0.2, 0) is 4.79 Å². The zero-order chi connectivity index (χ0) is 20.4. The molecule has 0 radical (unpaired) electrons. The molecule has 4 rings (SSSR count). The molecule has 1 aliphatic carbocycles. The highest BCUT2D eigenvalue weighted by Gasteiger charge is 2.44. The Hall–Kier alpha value is -2.80. The summed E-state index contributed by atoms with van der Waals surface area (Å²) in [4.78, 5) is 12.3. The van der Waals surface area contributed by atoms with Gasteiger partial charge in [-0.2, -0.15) is 0 Å². The van der Waals surface area contributed by atoms with Crippen molar-refractivity contribution in [1.82, 2.24) is 5.32 Å². The number of ether oxygens (including phenoxy) is 3. The molecule has 0 aromatic heterocycles. The van der Waals surface area contributed by atoms with Gasteiger partial charge in [0.25, 0.3) is 5.79 Å². The number of hydrogen-bond donors (Lipinski definition) is 2. The Kier molecular flexibility index (Phi) is 5.32. The van der Waals surface area contributed by atoms with Crippen LogP contribution >= 0.6 is 0 Å². The Morgan fingerprint density at radius 2 is 1.93 bits per heavy atom. The average molecular weight is 400 g/mol. The van der Waals surface area contributed by atoms with Crippen molar-refractivity contribution in [3.05, 3.63) is 47.8 Å². The number of anilines is 1. The van der Waals surface area contributed by atoms with Gasteiger partial charge in [-0.05, 0) is 49.6 Å². The minimum absolute atomic E-state index is 0.0905. The molecule has 1 unspecified atom stereocenters. The van der Waals surface area contributed by atoms with Crippen molar-refractivity contribution >= 4 is 11.6 Å². The number of halogens is 1. The fourth-order valence-corrected chi connectivity index (χ4v) is 3.81. The van der Waals surface area contributed by atoms with Gasteiger partial charge >= 0.3 is 0 Å². The highest BCUT2D eigenvalue weighted by molar-refractivity contribution is 5.92. The maximum atomic E-state index is 13.9. The van der Waals surface area contributed by atoms with Gasteiger partial charge in [-0.1, -0.05) is 6.07 Å². The molecule has 2 aromatic carbocycles. The minimum Gasteiger partial charge on any atom is -0.494 e. The Morgan fingerprint density at radius 1 is 1.17 bits per heavy atom. The van der Waals surface area contributed by atoms with E-state index >= 15 is 0 Å². The van der Waals surface area contributed by atoms with Gasteiger partial charge in [-0.3, -0.25) is 4.79 Å². The standard InChI is InChI=1S/C22H25FN2O4/c1-14(15-5-7-18(27-2)17(23)11-15)24-13-21(26)25-16-6-8-19-20(12-16)29-22(28-19)9-3-4-10-22/h5-8,11-12,14,24H,3-4,9-10,13H2,1-2H3,(H,25,26). The van der Waals surface area contributed by atoms with Gasteiger partial charge in [0, 0.05) is 30.6 Å². The molecule has 1 heterocycles. The Morgan fingerprint density at radius 3 is 2.66 bits per heavy atom. The van der Waals surface area contributed by atoms with Crippen molar-refractivity contribution in [1.29, 1.82) is 0 Å². The first-order valence-corrected chi connectivity index (χ1v) is 9.87. The van der Waals surface area contributed by atoms with E-state index in [0.29, 0.717) is 11.4 Å². The summed E-state index contributed by atoms with van der Waals surface area (Å²) in [5.74, 6) is 0.442. The van der Waals surface area contributed by atoms with Gasteiger partial charge in [0.05, 0.1) is 13.7 Å². The smallest absolute Gasteiger partial charge is 0.251 e. The normalized spacial score (nSPS) is 17.3. The maximum Gasteiger partial charge on any atom is 0.251 e. The Labute approximate surface area is 169 Å². The largest absolute Gasteiger partial charge is 0.494 e.